The van der Waals surface area contributed by atoms with Crippen LogP contribution in [0.15, 0.2) is 164 Å². The van der Waals surface area contributed by atoms with E-state index in [1.54, 1.807) is 0 Å². The lowest BCUT2D eigenvalue weighted by atomic mass is 9.69. The van der Waals surface area contributed by atoms with Crippen molar-refractivity contribution in [3.63, 3.8) is 0 Å². The van der Waals surface area contributed by atoms with Crippen LogP contribution in [0.3, 0.4) is 0 Å². The monoisotopic (exact) mass is 650 g/mol. The molecule has 240 valence electrons. The van der Waals surface area contributed by atoms with Crippen molar-refractivity contribution in [2.24, 2.45) is 0 Å². The van der Waals surface area contributed by atoms with E-state index in [4.69, 9.17) is 4.98 Å². The molecule has 2 nitrogen and oxygen atoms in total. The molecule has 0 unspecified atom stereocenters. The van der Waals surface area contributed by atoms with Crippen molar-refractivity contribution in [3.05, 3.63) is 192 Å². The van der Waals surface area contributed by atoms with Crippen LogP contribution in [0.4, 0.5) is 0 Å². The quantitative estimate of drug-likeness (QED) is 0.185. The van der Waals surface area contributed by atoms with Gasteiger partial charge in [0, 0.05) is 12.1 Å². The highest BCUT2D eigenvalue weighted by molar-refractivity contribution is 6.06. The van der Waals surface area contributed by atoms with Crippen molar-refractivity contribution in [3.8, 4) is 39.1 Å². The first-order valence-electron chi connectivity index (χ1n) is 18.1. The summed E-state index contributed by atoms with van der Waals surface area (Å²) in [5.74, 6) is 1.11. The Hall–Kier alpha value is -6.25. The number of imidazole rings is 1. The van der Waals surface area contributed by atoms with Crippen molar-refractivity contribution in [2.75, 3.05) is 0 Å². The highest BCUT2D eigenvalue weighted by atomic mass is 15.1. The summed E-state index contributed by atoms with van der Waals surface area (Å²) in [6.45, 7) is 2.22. The van der Waals surface area contributed by atoms with Gasteiger partial charge in [0.2, 0.25) is 0 Å². The van der Waals surface area contributed by atoms with Crippen LogP contribution in [0.25, 0.3) is 71.6 Å². The molecule has 0 fully saturated rings. The van der Waals surface area contributed by atoms with Gasteiger partial charge >= 0.3 is 0 Å². The number of hydrogen-bond donors (Lipinski definition) is 0. The summed E-state index contributed by atoms with van der Waals surface area (Å²) in [5, 5.41) is 5.14. The molecule has 2 aliphatic rings. The van der Waals surface area contributed by atoms with Crippen molar-refractivity contribution in [1.82, 2.24) is 9.55 Å². The molecule has 2 aliphatic carbocycles. The fourth-order valence-electron chi connectivity index (χ4n) is 9.40. The molecule has 1 spiro atoms. The number of para-hydroxylation sites is 2. The predicted octanol–water partition coefficient (Wildman–Crippen LogP) is 12.3. The summed E-state index contributed by atoms with van der Waals surface area (Å²) in [4.78, 5) is 4.98. The lowest BCUT2D eigenvalue weighted by molar-refractivity contribution is 0.802. The maximum atomic E-state index is 4.98. The van der Waals surface area contributed by atoms with Crippen molar-refractivity contribution in [1.29, 1.82) is 0 Å². The van der Waals surface area contributed by atoms with Crippen molar-refractivity contribution in [2.45, 2.75) is 25.2 Å². The smallest absolute Gasteiger partial charge is 0.114 e. The van der Waals surface area contributed by atoms with Gasteiger partial charge in [-0.2, -0.15) is 0 Å². The fourth-order valence-corrected chi connectivity index (χ4v) is 9.40. The van der Waals surface area contributed by atoms with E-state index in [0.29, 0.717) is 0 Å². The second-order valence-corrected chi connectivity index (χ2v) is 14.2. The summed E-state index contributed by atoms with van der Waals surface area (Å²) < 4.78 is 2.32. The Bertz CT molecular complexity index is 2830. The van der Waals surface area contributed by atoms with Gasteiger partial charge in [-0.3, -0.25) is 4.57 Å². The summed E-state index contributed by atoms with van der Waals surface area (Å²) >= 11 is 0. The van der Waals surface area contributed by atoms with E-state index in [1.165, 1.54) is 77.2 Å². The second-order valence-electron chi connectivity index (χ2n) is 14.2. The molecule has 0 aliphatic heterocycles. The van der Waals surface area contributed by atoms with Gasteiger partial charge in [-0.15, -0.1) is 0 Å². The average Bonchev–Trinajstić information content (AvgIpc) is 3.80. The highest BCUT2D eigenvalue weighted by Crippen LogP contribution is 2.64. The topological polar surface area (TPSA) is 17.8 Å². The van der Waals surface area contributed by atoms with Crippen LogP contribution in [0.2, 0.25) is 0 Å². The lowest BCUT2D eigenvalue weighted by Crippen LogP contribution is -2.26. The lowest BCUT2D eigenvalue weighted by Gasteiger charge is -2.31. The third kappa shape index (κ3) is 3.85. The van der Waals surface area contributed by atoms with Crippen LogP contribution in [0.1, 0.15) is 41.4 Å². The standard InChI is InChI=1S/C49H34N2/c1-2-11-47-50-45-18-9-10-19-46(45)51(47)36-25-22-31(23-26-36)33-20-21-34-29-41-40-27-24-32-12-3-4-13-37(32)48(40)49(44(41)30-35(34)28-33)42-16-7-5-14-38(42)39-15-6-8-17-43(39)49/h3-10,12-30H,2,11H2,1H3. The first-order valence-corrected chi connectivity index (χ1v) is 18.1. The average molecular weight is 651 g/mol. The minimum Gasteiger partial charge on any atom is -0.296 e. The zero-order valence-corrected chi connectivity index (χ0v) is 28.4. The molecule has 8 aromatic carbocycles. The number of aromatic nitrogens is 2. The van der Waals surface area contributed by atoms with Crippen LogP contribution >= 0.6 is 0 Å². The Morgan fingerprint density at radius 2 is 1.20 bits per heavy atom. The highest BCUT2D eigenvalue weighted by Gasteiger charge is 2.52. The Kier molecular flexibility index (Phi) is 5.95. The number of benzene rings is 8. The number of nitrogens with zero attached hydrogens (tertiary/aromatic N) is 2. The SMILES string of the molecule is CCCc1nc2ccccc2n1-c1ccc(-c2ccc3cc4c(cc3c2)C2(c3ccccc3-c3ccccc32)c2c-4ccc3ccccc23)cc1. The molecule has 0 saturated heterocycles. The van der Waals surface area contributed by atoms with Gasteiger partial charge in [0.25, 0.3) is 0 Å². The zero-order chi connectivity index (χ0) is 33.7. The van der Waals surface area contributed by atoms with Gasteiger partial charge < -0.3 is 0 Å². The van der Waals surface area contributed by atoms with E-state index in [1.807, 2.05) is 0 Å². The number of hydrogen-bond acceptors (Lipinski definition) is 1. The maximum Gasteiger partial charge on any atom is 0.114 e. The molecule has 0 atom stereocenters. The Morgan fingerprint density at radius 3 is 2.00 bits per heavy atom. The summed E-state index contributed by atoms with van der Waals surface area (Å²) in [6, 6.07) is 61.2. The summed E-state index contributed by atoms with van der Waals surface area (Å²) in [6.07, 6.45) is 2.00. The molecular formula is C49H34N2. The van der Waals surface area contributed by atoms with Gasteiger partial charge in [0.15, 0.2) is 0 Å². The normalized spacial score (nSPS) is 13.5. The first-order chi connectivity index (χ1) is 25.2. The fraction of sp³-hybridized carbons (Fsp3) is 0.0816. The zero-order valence-electron chi connectivity index (χ0n) is 28.4. The largest absolute Gasteiger partial charge is 0.296 e. The van der Waals surface area contributed by atoms with Crippen LogP contribution in [-0.4, -0.2) is 9.55 Å². The van der Waals surface area contributed by atoms with Gasteiger partial charge in [-0.05, 0) is 126 Å². The van der Waals surface area contributed by atoms with Gasteiger partial charge in [-0.1, -0.05) is 128 Å². The van der Waals surface area contributed by atoms with Crippen LogP contribution < -0.4 is 0 Å². The Balaban J connectivity index is 1.11. The molecule has 11 rings (SSSR count). The molecule has 1 aromatic heterocycles. The number of aryl methyl sites for hydroxylation is 1. The van der Waals surface area contributed by atoms with E-state index in [9.17, 15) is 0 Å². The molecule has 0 amide bonds. The molecule has 9 aromatic rings. The summed E-state index contributed by atoms with van der Waals surface area (Å²) in [5.41, 5.74) is 16.3. The molecular weight excluding hydrogens is 617 g/mol. The van der Waals surface area contributed by atoms with Crippen LogP contribution in [0, 0.1) is 0 Å². The molecule has 0 saturated carbocycles. The van der Waals surface area contributed by atoms with E-state index in [-0.39, 0.29) is 0 Å². The van der Waals surface area contributed by atoms with Crippen LogP contribution in [0.5, 0.6) is 0 Å². The Labute approximate surface area is 297 Å². The third-order valence-electron chi connectivity index (χ3n) is 11.5. The van der Waals surface area contributed by atoms with E-state index >= 15 is 0 Å². The van der Waals surface area contributed by atoms with Crippen LogP contribution in [-0.2, 0) is 11.8 Å². The molecule has 0 radical (unpaired) electrons. The van der Waals surface area contributed by atoms with Crippen molar-refractivity contribution < 1.29 is 0 Å². The minimum atomic E-state index is -0.395. The second kappa shape index (κ2) is 10.6. The minimum absolute atomic E-state index is 0.395. The van der Waals surface area contributed by atoms with Gasteiger partial charge in [0.1, 0.15) is 5.82 Å². The molecule has 51 heavy (non-hydrogen) atoms. The summed E-state index contributed by atoms with van der Waals surface area (Å²) in [7, 11) is 0. The van der Waals surface area contributed by atoms with Gasteiger partial charge in [-0.25, -0.2) is 4.98 Å². The maximum absolute atomic E-state index is 4.98. The van der Waals surface area contributed by atoms with E-state index < -0.39 is 5.41 Å². The molecule has 1 heterocycles. The third-order valence-corrected chi connectivity index (χ3v) is 11.5. The van der Waals surface area contributed by atoms with Crippen molar-refractivity contribution >= 4 is 32.6 Å². The Morgan fingerprint density at radius 1 is 0.510 bits per heavy atom. The molecule has 0 N–H and O–H groups in total. The van der Waals surface area contributed by atoms with Gasteiger partial charge in [0.05, 0.1) is 16.4 Å². The number of fused-ring (bicyclic) bond motifs is 14. The molecule has 2 heteroatoms. The first kappa shape index (κ1) is 28.6. The molecule has 0 bridgehead atoms. The van der Waals surface area contributed by atoms with E-state index in [2.05, 4.69) is 175 Å². The predicted molar refractivity (Wildman–Crippen MR) is 212 cm³/mol. The number of rotatable bonds is 4. The van der Waals surface area contributed by atoms with E-state index in [0.717, 1.165) is 35.4 Å².